The number of rotatable bonds is 6. The summed E-state index contributed by atoms with van der Waals surface area (Å²) in [6.07, 6.45) is 0.399. The van der Waals surface area contributed by atoms with Gasteiger partial charge < -0.3 is 23.3 Å². The molecule has 1 aromatic carbocycles. The molecule has 2 aromatic rings. The quantitative estimate of drug-likeness (QED) is 0.386. The minimum absolute atomic E-state index is 0.00414. The Labute approximate surface area is 218 Å². The molecule has 3 atom stereocenters. The molecule has 4 heterocycles. The molecule has 208 valence electrons. The number of likely N-dealkylation sites (N-methyl/N-ethyl adjacent to an activating group) is 1. The maximum atomic E-state index is 13.5. The lowest BCUT2D eigenvalue weighted by Gasteiger charge is -2.33. The van der Waals surface area contributed by atoms with E-state index in [-0.39, 0.29) is 29.6 Å². The maximum absolute atomic E-state index is 13.5. The Kier molecular flexibility index (Phi) is 6.84. The van der Waals surface area contributed by atoms with Gasteiger partial charge in [-0.2, -0.15) is 31.6 Å². The van der Waals surface area contributed by atoms with E-state index in [9.17, 15) is 21.6 Å². The Balaban J connectivity index is 1.68. The second-order valence-corrected chi connectivity index (χ2v) is 11.6. The first-order valence-corrected chi connectivity index (χ1v) is 13.7. The van der Waals surface area contributed by atoms with Crippen LogP contribution in [0.25, 0.3) is 0 Å². The summed E-state index contributed by atoms with van der Waals surface area (Å²) in [5, 5.41) is 0. The molecule has 0 radical (unpaired) electrons. The Morgan fingerprint density at radius 3 is 2.37 bits per heavy atom. The highest BCUT2D eigenvalue weighted by Crippen LogP contribution is 2.44. The third-order valence-corrected chi connectivity index (χ3v) is 7.54. The minimum atomic E-state index is -6.07. The number of alkyl halides is 3. The van der Waals surface area contributed by atoms with E-state index in [1.54, 1.807) is 54.0 Å². The first-order valence-electron chi connectivity index (χ1n) is 12.3. The molecule has 14 heteroatoms. The van der Waals surface area contributed by atoms with Crippen LogP contribution >= 0.6 is 0 Å². The first-order chi connectivity index (χ1) is 17.8. The lowest BCUT2D eigenvalue weighted by atomic mass is 10.1. The Morgan fingerprint density at radius 1 is 1.11 bits per heavy atom. The number of halogens is 3. The fourth-order valence-corrected chi connectivity index (χ4v) is 5.36. The predicted octanol–water partition coefficient (Wildman–Crippen LogP) is 3.64. The fourth-order valence-electron chi connectivity index (χ4n) is 4.93. The van der Waals surface area contributed by atoms with E-state index >= 15 is 0 Å². The molecular formula is C24H29F3N4O6S. The van der Waals surface area contributed by atoms with Crippen LogP contribution in [0, 0.1) is 0 Å². The number of aromatic nitrogens is 2. The summed E-state index contributed by atoms with van der Waals surface area (Å²) >= 11 is 0. The van der Waals surface area contributed by atoms with Crippen molar-refractivity contribution in [1.82, 2.24) is 14.9 Å². The van der Waals surface area contributed by atoms with Gasteiger partial charge in [0.2, 0.25) is 11.8 Å². The highest BCUT2D eigenvalue weighted by atomic mass is 32.2. The zero-order chi connectivity index (χ0) is 27.3. The van der Waals surface area contributed by atoms with Crippen LogP contribution in [0.2, 0.25) is 0 Å². The smallest absolute Gasteiger partial charge is 0.470 e. The molecule has 0 amide bonds. The molecule has 10 nitrogen and oxygen atoms in total. The van der Waals surface area contributed by atoms with Gasteiger partial charge in [-0.05, 0) is 45.4 Å². The third-order valence-electron chi connectivity index (χ3n) is 6.59. The zero-order valence-corrected chi connectivity index (χ0v) is 22.0. The molecule has 3 unspecified atom stereocenters. The summed E-state index contributed by atoms with van der Waals surface area (Å²) in [4.78, 5) is 12.4. The van der Waals surface area contributed by atoms with Crippen LogP contribution in [0.3, 0.4) is 0 Å². The monoisotopic (exact) mass is 558 g/mol. The fraction of sp³-hybridized carbons (Fsp3) is 0.583. The van der Waals surface area contributed by atoms with Crippen LogP contribution in [0.5, 0.6) is 17.5 Å². The van der Waals surface area contributed by atoms with Gasteiger partial charge in [-0.15, -0.1) is 0 Å². The lowest BCUT2D eigenvalue weighted by molar-refractivity contribution is -0.0503. The van der Waals surface area contributed by atoms with Crippen molar-refractivity contribution in [3.05, 3.63) is 35.9 Å². The largest absolute Gasteiger partial charge is 0.534 e. The normalized spacial score (nSPS) is 25.3. The van der Waals surface area contributed by atoms with Gasteiger partial charge in [-0.25, -0.2) is 0 Å². The number of benzene rings is 1. The number of para-hydroxylation sites is 1. The minimum Gasteiger partial charge on any atom is -0.470 e. The average molecular weight is 559 g/mol. The van der Waals surface area contributed by atoms with Crippen molar-refractivity contribution in [2.75, 3.05) is 31.1 Å². The van der Waals surface area contributed by atoms with Gasteiger partial charge in [0, 0.05) is 19.6 Å². The van der Waals surface area contributed by atoms with Crippen LogP contribution in [0.1, 0.15) is 45.4 Å². The molecule has 3 aliphatic rings. The van der Waals surface area contributed by atoms with Crippen molar-refractivity contribution in [2.45, 2.75) is 63.2 Å². The van der Waals surface area contributed by atoms with Crippen LogP contribution < -0.4 is 18.6 Å². The van der Waals surface area contributed by atoms with E-state index in [0.717, 1.165) is 12.8 Å². The topological polar surface area (TPSA) is 103 Å². The Morgan fingerprint density at radius 2 is 1.76 bits per heavy atom. The van der Waals surface area contributed by atoms with Crippen molar-refractivity contribution in [1.29, 1.82) is 0 Å². The van der Waals surface area contributed by atoms with Crippen molar-refractivity contribution < 1.29 is 40.0 Å². The molecule has 3 aliphatic heterocycles. The molecule has 5 rings (SSSR count). The first kappa shape index (κ1) is 26.8. The highest BCUT2D eigenvalue weighted by molar-refractivity contribution is 7.87. The van der Waals surface area contributed by atoms with Crippen LogP contribution in [-0.4, -0.2) is 72.8 Å². The molecule has 0 spiro atoms. The summed E-state index contributed by atoms with van der Waals surface area (Å²) < 4.78 is 87.7. The van der Waals surface area contributed by atoms with E-state index in [1.807, 2.05) is 6.92 Å². The second kappa shape index (κ2) is 9.72. The number of hydrogen-bond acceptors (Lipinski definition) is 10. The number of ether oxygens (including phenoxy) is 3. The second-order valence-electron chi connectivity index (χ2n) is 10.1. The van der Waals surface area contributed by atoms with E-state index in [4.69, 9.17) is 18.4 Å². The van der Waals surface area contributed by atoms with Gasteiger partial charge in [0.25, 0.3) is 5.88 Å². The molecule has 2 saturated heterocycles. The summed E-state index contributed by atoms with van der Waals surface area (Å²) in [6.45, 7) is 6.92. The SMILES string of the molecule is CCN1CC(C)(C)Oc2nc(N3CC4CCC(C3)O4)nc(OS(=O)(=O)C(F)(F)F)c2C1Oc1ccccc1. The predicted molar refractivity (Wildman–Crippen MR) is 130 cm³/mol. The number of nitrogens with zero attached hydrogens (tertiary/aromatic N) is 4. The molecule has 38 heavy (non-hydrogen) atoms. The summed E-state index contributed by atoms with van der Waals surface area (Å²) in [5.74, 6) is -0.503. The molecule has 0 saturated carbocycles. The summed E-state index contributed by atoms with van der Waals surface area (Å²) in [7, 11) is -6.07. The van der Waals surface area contributed by atoms with Crippen LogP contribution in [0.15, 0.2) is 30.3 Å². The third kappa shape index (κ3) is 5.34. The number of fused-ring (bicyclic) bond motifs is 3. The van der Waals surface area contributed by atoms with E-state index in [1.165, 1.54) is 0 Å². The number of anilines is 1. The van der Waals surface area contributed by atoms with Gasteiger partial charge in [0.05, 0.1) is 12.2 Å². The van der Waals surface area contributed by atoms with Crippen LogP contribution in [0.4, 0.5) is 19.1 Å². The van der Waals surface area contributed by atoms with Crippen molar-refractivity contribution >= 4 is 16.1 Å². The Hall–Kier alpha value is -2.84. The average Bonchev–Trinajstić information content (AvgIpc) is 3.12. The van der Waals surface area contributed by atoms with E-state index in [0.29, 0.717) is 31.9 Å². The van der Waals surface area contributed by atoms with Crippen molar-refractivity contribution in [3.8, 4) is 17.5 Å². The molecule has 0 aliphatic carbocycles. The van der Waals surface area contributed by atoms with Crippen molar-refractivity contribution in [3.63, 3.8) is 0 Å². The molecule has 1 aromatic heterocycles. The molecule has 2 bridgehead atoms. The van der Waals surface area contributed by atoms with Crippen LogP contribution in [-0.2, 0) is 14.9 Å². The zero-order valence-electron chi connectivity index (χ0n) is 21.1. The van der Waals surface area contributed by atoms with Gasteiger partial charge in [-0.3, -0.25) is 4.90 Å². The number of hydrogen-bond donors (Lipinski definition) is 0. The molecule has 0 N–H and O–H groups in total. The van der Waals surface area contributed by atoms with Gasteiger partial charge >= 0.3 is 15.6 Å². The number of morpholine rings is 1. The van der Waals surface area contributed by atoms with E-state index < -0.39 is 33.3 Å². The van der Waals surface area contributed by atoms with Crippen molar-refractivity contribution in [2.24, 2.45) is 0 Å². The highest BCUT2D eigenvalue weighted by Gasteiger charge is 2.51. The molecular weight excluding hydrogens is 529 g/mol. The lowest BCUT2D eigenvalue weighted by Crippen LogP contribution is -2.43. The standard InChI is InChI=1S/C24H29F3N4O6S/c1-4-30-14-23(2,3)36-19-18(21(30)35-15-8-6-5-7-9-15)20(37-38(32,33)24(25,26)27)29-22(28-19)31-12-16-10-11-17(13-31)34-16/h5-9,16-17,21H,4,10-14H2,1-3H3. The summed E-state index contributed by atoms with van der Waals surface area (Å²) in [6, 6.07) is 8.61. The van der Waals surface area contributed by atoms with Gasteiger partial charge in [0.15, 0.2) is 6.23 Å². The molecule has 2 fully saturated rings. The van der Waals surface area contributed by atoms with Gasteiger partial charge in [0.1, 0.15) is 16.9 Å². The maximum Gasteiger partial charge on any atom is 0.534 e. The van der Waals surface area contributed by atoms with Gasteiger partial charge in [-0.1, -0.05) is 25.1 Å². The van der Waals surface area contributed by atoms with E-state index in [2.05, 4.69) is 9.97 Å². The summed E-state index contributed by atoms with van der Waals surface area (Å²) in [5.41, 5.74) is -6.68. The Bertz CT molecular complexity index is 1270.